The number of rotatable bonds is 9. The molecule has 0 aliphatic heterocycles. The highest BCUT2D eigenvalue weighted by Crippen LogP contribution is 2.43. The minimum atomic E-state index is -3.80. The third-order valence-corrected chi connectivity index (χ3v) is 6.04. The molecule has 1 amide bonds. The molecule has 154 valence electrons. The van der Waals surface area contributed by atoms with Crippen molar-refractivity contribution in [3.8, 4) is 5.75 Å². The predicted molar refractivity (Wildman–Crippen MR) is 112 cm³/mol. The van der Waals surface area contributed by atoms with Crippen molar-refractivity contribution in [1.29, 1.82) is 0 Å². The molecule has 1 atom stereocenters. The van der Waals surface area contributed by atoms with Crippen LogP contribution in [-0.2, 0) is 27.0 Å². The number of hydrogen-bond donors (Lipinski definition) is 2. The molecule has 3 rings (SSSR count). The summed E-state index contributed by atoms with van der Waals surface area (Å²) in [5.41, 5.74) is 9.23. The number of nitrogens with zero attached hydrogens (tertiary/aromatic N) is 1. The Kier molecular flexibility index (Phi) is 6.42. The lowest BCUT2D eigenvalue weighted by Crippen LogP contribution is -2.14. The summed E-state index contributed by atoms with van der Waals surface area (Å²) in [5, 5.41) is 0.793. The van der Waals surface area contributed by atoms with Gasteiger partial charge < -0.3 is 20.1 Å². The number of hydrogen-bond acceptors (Lipinski definition) is 4. The summed E-state index contributed by atoms with van der Waals surface area (Å²) in [6.07, 6.45) is 0.595. The van der Waals surface area contributed by atoms with Crippen LogP contribution in [0.3, 0.4) is 0 Å². The predicted octanol–water partition coefficient (Wildman–Crippen LogP) is 3.93. The molecule has 1 aromatic heterocycles. The summed E-state index contributed by atoms with van der Waals surface area (Å²) in [7, 11) is -3.80. The molecule has 0 bridgehead atoms. The fourth-order valence-corrected chi connectivity index (χ4v) is 4.21. The first-order valence-corrected chi connectivity index (χ1v) is 11.2. The van der Waals surface area contributed by atoms with E-state index in [1.54, 1.807) is 19.1 Å². The topological polar surface area (TPSA) is 104 Å². The molecule has 1 heterocycles. The quantitative estimate of drug-likeness (QED) is 0.312. The summed E-state index contributed by atoms with van der Waals surface area (Å²) in [5.74, 6) is -0.150. The van der Waals surface area contributed by atoms with Crippen molar-refractivity contribution in [2.45, 2.75) is 33.2 Å². The van der Waals surface area contributed by atoms with E-state index in [0.29, 0.717) is 13.0 Å². The molecule has 0 saturated heterocycles. The third-order valence-electron chi connectivity index (χ3n) is 4.72. The van der Waals surface area contributed by atoms with Crippen LogP contribution in [-0.4, -0.2) is 21.5 Å². The first-order valence-electron chi connectivity index (χ1n) is 9.42. The van der Waals surface area contributed by atoms with Crippen LogP contribution in [0.1, 0.15) is 30.2 Å². The third kappa shape index (κ3) is 5.07. The van der Waals surface area contributed by atoms with Gasteiger partial charge in [0.15, 0.2) is 5.75 Å². The number of benzene rings is 2. The van der Waals surface area contributed by atoms with Gasteiger partial charge in [0.2, 0.25) is 5.91 Å². The standard InChI is InChI=1S/C21H25N2O5P/c1-3-11-29(25,26)28-27-17-9-10-20-19(12-17)18(13-21(22)24)15(2)23(20)14-16-7-5-4-6-8-16/h4-10,12H,3,11,13-14H2,1-2H3,(H2,22,24)(H,25,26). The Balaban J connectivity index is 1.99. The molecule has 0 radical (unpaired) electrons. The molecule has 3 N–H and O–H groups in total. The monoisotopic (exact) mass is 416 g/mol. The zero-order valence-electron chi connectivity index (χ0n) is 16.5. The zero-order valence-corrected chi connectivity index (χ0v) is 17.4. The average Bonchev–Trinajstić information content (AvgIpc) is 2.92. The van der Waals surface area contributed by atoms with Crippen molar-refractivity contribution in [1.82, 2.24) is 4.57 Å². The molecule has 0 aliphatic carbocycles. The molecule has 0 spiro atoms. The first kappa shape index (κ1) is 21.1. The van der Waals surface area contributed by atoms with E-state index < -0.39 is 13.5 Å². The molecular weight excluding hydrogens is 391 g/mol. The van der Waals surface area contributed by atoms with Crippen molar-refractivity contribution < 1.29 is 23.8 Å². The van der Waals surface area contributed by atoms with Crippen molar-refractivity contribution in [3.63, 3.8) is 0 Å². The Morgan fingerprint density at radius 3 is 2.59 bits per heavy atom. The Bertz CT molecular complexity index is 1060. The molecule has 2 aromatic carbocycles. The number of amides is 1. The van der Waals surface area contributed by atoms with Gasteiger partial charge in [-0.25, -0.2) is 0 Å². The van der Waals surface area contributed by atoms with Crippen LogP contribution < -0.4 is 10.6 Å². The molecule has 3 aromatic rings. The van der Waals surface area contributed by atoms with Gasteiger partial charge in [-0.05, 0) is 42.7 Å². The normalized spacial score (nSPS) is 13.3. The summed E-state index contributed by atoms with van der Waals surface area (Å²) in [6, 6.07) is 15.2. The second-order valence-electron chi connectivity index (χ2n) is 6.98. The second kappa shape index (κ2) is 8.82. The van der Waals surface area contributed by atoms with Gasteiger partial charge in [-0.15, -0.1) is 0 Å². The maximum absolute atomic E-state index is 11.9. The lowest BCUT2D eigenvalue weighted by molar-refractivity contribution is -0.117. The highest BCUT2D eigenvalue weighted by molar-refractivity contribution is 7.52. The minimum Gasteiger partial charge on any atom is -0.369 e. The fourth-order valence-electron chi connectivity index (χ4n) is 3.37. The maximum Gasteiger partial charge on any atom is 0.366 e. The van der Waals surface area contributed by atoms with Gasteiger partial charge in [0.1, 0.15) is 0 Å². The molecular formula is C21H25N2O5P. The van der Waals surface area contributed by atoms with Gasteiger partial charge in [0, 0.05) is 23.1 Å². The van der Waals surface area contributed by atoms with Gasteiger partial charge >= 0.3 is 7.60 Å². The minimum absolute atomic E-state index is 0.00866. The van der Waals surface area contributed by atoms with Gasteiger partial charge in [-0.2, -0.15) is 0 Å². The highest BCUT2D eigenvalue weighted by atomic mass is 31.2. The Morgan fingerprint density at radius 2 is 1.93 bits per heavy atom. The molecule has 8 heteroatoms. The van der Waals surface area contributed by atoms with Gasteiger partial charge in [-0.3, -0.25) is 9.36 Å². The largest absolute Gasteiger partial charge is 0.369 e. The van der Waals surface area contributed by atoms with Gasteiger partial charge in [-0.1, -0.05) is 41.9 Å². The summed E-state index contributed by atoms with van der Waals surface area (Å²) in [6.45, 7) is 4.37. The SMILES string of the molecule is CCCP(=O)(O)OOc1ccc2c(c1)c(CC(N)=O)c(C)n2Cc1ccccc1. The van der Waals surface area contributed by atoms with E-state index in [0.717, 1.165) is 27.7 Å². The smallest absolute Gasteiger partial charge is 0.366 e. The van der Waals surface area contributed by atoms with E-state index in [-0.39, 0.29) is 18.3 Å². The summed E-state index contributed by atoms with van der Waals surface area (Å²) >= 11 is 0. The van der Waals surface area contributed by atoms with E-state index in [2.05, 4.69) is 4.57 Å². The molecule has 29 heavy (non-hydrogen) atoms. The number of carbonyl (C=O) groups excluding carboxylic acids is 1. The van der Waals surface area contributed by atoms with E-state index in [1.807, 2.05) is 43.3 Å². The molecule has 0 aliphatic rings. The fraction of sp³-hybridized carbons (Fsp3) is 0.286. The van der Waals surface area contributed by atoms with E-state index >= 15 is 0 Å². The van der Waals surface area contributed by atoms with Crippen molar-refractivity contribution in [3.05, 3.63) is 65.4 Å². The second-order valence-corrected chi connectivity index (χ2v) is 8.85. The first-order chi connectivity index (χ1) is 13.8. The van der Waals surface area contributed by atoms with Gasteiger partial charge in [0.05, 0.1) is 12.6 Å². The van der Waals surface area contributed by atoms with Crippen LogP contribution in [0.4, 0.5) is 0 Å². The number of primary amides is 1. The van der Waals surface area contributed by atoms with Crippen molar-refractivity contribution in [2.75, 3.05) is 6.16 Å². The lowest BCUT2D eigenvalue weighted by Gasteiger charge is -2.11. The van der Waals surface area contributed by atoms with Crippen LogP contribution in [0.15, 0.2) is 48.5 Å². The van der Waals surface area contributed by atoms with Crippen LogP contribution in [0.5, 0.6) is 5.75 Å². The zero-order chi connectivity index (χ0) is 21.0. The average molecular weight is 416 g/mol. The van der Waals surface area contributed by atoms with E-state index in [9.17, 15) is 14.3 Å². The van der Waals surface area contributed by atoms with Crippen molar-refractivity contribution in [2.24, 2.45) is 5.73 Å². The van der Waals surface area contributed by atoms with E-state index in [1.165, 1.54) is 0 Å². The Hall–Kier alpha value is -2.60. The maximum atomic E-state index is 11.9. The Morgan fingerprint density at radius 1 is 1.21 bits per heavy atom. The number of nitrogens with two attached hydrogens (primary N) is 1. The van der Waals surface area contributed by atoms with Crippen LogP contribution >= 0.6 is 7.60 Å². The highest BCUT2D eigenvalue weighted by Gasteiger charge is 2.21. The Labute approximate surface area is 169 Å². The van der Waals surface area contributed by atoms with Crippen LogP contribution in [0.25, 0.3) is 10.9 Å². The summed E-state index contributed by atoms with van der Waals surface area (Å²) in [4.78, 5) is 26.5. The molecule has 1 unspecified atom stereocenters. The lowest BCUT2D eigenvalue weighted by atomic mass is 10.1. The summed E-state index contributed by atoms with van der Waals surface area (Å²) < 4.78 is 18.8. The van der Waals surface area contributed by atoms with Crippen LogP contribution in [0, 0.1) is 6.92 Å². The van der Waals surface area contributed by atoms with Gasteiger partial charge in [0.25, 0.3) is 0 Å². The molecule has 7 nitrogen and oxygen atoms in total. The number of carbonyl (C=O) groups is 1. The van der Waals surface area contributed by atoms with Crippen molar-refractivity contribution >= 4 is 24.4 Å². The van der Waals surface area contributed by atoms with E-state index in [4.69, 9.17) is 15.3 Å². The number of fused-ring (bicyclic) bond motifs is 1. The molecule has 0 fully saturated rings. The molecule has 0 saturated carbocycles. The van der Waals surface area contributed by atoms with Crippen LogP contribution in [0.2, 0.25) is 0 Å². The number of aromatic nitrogens is 1.